The van der Waals surface area contributed by atoms with E-state index in [4.69, 9.17) is 0 Å². The van der Waals surface area contributed by atoms with Gasteiger partial charge in [-0.25, -0.2) is 8.42 Å². The van der Waals surface area contributed by atoms with Crippen molar-refractivity contribution in [3.05, 3.63) is 18.5 Å². The molecule has 0 bridgehead atoms. The van der Waals surface area contributed by atoms with Crippen molar-refractivity contribution >= 4 is 15.7 Å². The van der Waals surface area contributed by atoms with E-state index in [1.165, 1.54) is 0 Å². The Morgan fingerprint density at radius 2 is 2.14 bits per heavy atom. The van der Waals surface area contributed by atoms with E-state index in [-0.39, 0.29) is 29.5 Å². The molecule has 0 unspecified atom stereocenters. The van der Waals surface area contributed by atoms with Crippen LogP contribution in [0.3, 0.4) is 0 Å². The summed E-state index contributed by atoms with van der Waals surface area (Å²) in [6, 6.07) is 1.82. The minimum atomic E-state index is -2.97. The van der Waals surface area contributed by atoms with Gasteiger partial charge in [-0.15, -0.1) is 0 Å². The molecular formula is C14H22N4O3S. The predicted molar refractivity (Wildman–Crippen MR) is 82.1 cm³/mol. The number of rotatable bonds is 4. The Balaban J connectivity index is 1.54. The second kappa shape index (κ2) is 5.66. The summed E-state index contributed by atoms with van der Waals surface area (Å²) < 4.78 is 25.0. The van der Waals surface area contributed by atoms with E-state index in [0.717, 1.165) is 13.1 Å². The van der Waals surface area contributed by atoms with Crippen LogP contribution in [0.25, 0.3) is 0 Å². The zero-order chi connectivity index (χ0) is 15.9. The highest BCUT2D eigenvalue weighted by atomic mass is 32.2. The van der Waals surface area contributed by atoms with Gasteiger partial charge in [0.2, 0.25) is 5.91 Å². The van der Waals surface area contributed by atoms with Gasteiger partial charge >= 0.3 is 0 Å². The number of likely N-dealkylation sites (N-methyl/N-ethyl adjacent to an activating group) is 1. The first-order valence-electron chi connectivity index (χ1n) is 7.57. The van der Waals surface area contributed by atoms with Gasteiger partial charge in [-0.3, -0.25) is 14.4 Å². The largest absolute Gasteiger partial charge is 0.340 e. The summed E-state index contributed by atoms with van der Waals surface area (Å²) in [7, 11) is -1.25. The summed E-state index contributed by atoms with van der Waals surface area (Å²) >= 11 is 0. The van der Waals surface area contributed by atoms with Gasteiger partial charge < -0.3 is 4.90 Å². The van der Waals surface area contributed by atoms with Gasteiger partial charge in [0, 0.05) is 38.6 Å². The molecule has 3 heterocycles. The van der Waals surface area contributed by atoms with Crippen molar-refractivity contribution in [1.82, 2.24) is 19.6 Å². The third kappa shape index (κ3) is 2.89. The summed E-state index contributed by atoms with van der Waals surface area (Å²) in [5.41, 5.74) is 0. The van der Waals surface area contributed by atoms with Crippen LogP contribution in [0, 0.1) is 0 Å². The van der Waals surface area contributed by atoms with Crippen LogP contribution in [-0.4, -0.2) is 77.6 Å². The molecule has 2 aliphatic heterocycles. The van der Waals surface area contributed by atoms with Crippen molar-refractivity contribution < 1.29 is 13.2 Å². The normalized spacial score (nSPS) is 26.5. The molecule has 1 aromatic heterocycles. The lowest BCUT2D eigenvalue weighted by Gasteiger charge is -2.43. The van der Waals surface area contributed by atoms with Gasteiger partial charge in [0.15, 0.2) is 9.84 Å². The van der Waals surface area contributed by atoms with Gasteiger partial charge in [0.25, 0.3) is 0 Å². The van der Waals surface area contributed by atoms with Crippen molar-refractivity contribution in [3.8, 4) is 0 Å². The smallest absolute Gasteiger partial charge is 0.239 e. The third-order valence-electron chi connectivity index (χ3n) is 4.80. The second-order valence-electron chi connectivity index (χ2n) is 6.28. The van der Waals surface area contributed by atoms with Crippen molar-refractivity contribution in [1.29, 1.82) is 0 Å². The molecule has 2 fully saturated rings. The highest BCUT2D eigenvalue weighted by Crippen LogP contribution is 2.24. The number of nitrogens with zero attached hydrogens (tertiary/aromatic N) is 4. The van der Waals surface area contributed by atoms with Crippen molar-refractivity contribution in [2.75, 3.05) is 31.6 Å². The lowest BCUT2D eigenvalue weighted by atomic mass is 10.0. The topological polar surface area (TPSA) is 75.5 Å². The molecule has 1 amide bonds. The Bertz CT molecular complexity index is 637. The van der Waals surface area contributed by atoms with Crippen LogP contribution in [0.4, 0.5) is 0 Å². The molecule has 2 aliphatic rings. The average Bonchev–Trinajstić information content (AvgIpc) is 3.04. The zero-order valence-corrected chi connectivity index (χ0v) is 13.7. The maximum absolute atomic E-state index is 12.5. The van der Waals surface area contributed by atoms with Crippen LogP contribution in [-0.2, 0) is 14.6 Å². The fourth-order valence-corrected chi connectivity index (χ4v) is 4.95. The number of carbonyl (C=O) groups excluding carboxylic acids is 1. The predicted octanol–water partition coefficient (Wildman–Crippen LogP) is -0.226. The molecule has 0 radical (unpaired) electrons. The summed E-state index contributed by atoms with van der Waals surface area (Å²) in [6.07, 6.45) is 4.24. The highest BCUT2D eigenvalue weighted by Gasteiger charge is 2.39. The lowest BCUT2D eigenvalue weighted by molar-refractivity contribution is -0.139. The van der Waals surface area contributed by atoms with Crippen LogP contribution in [0.1, 0.15) is 19.4 Å². The molecule has 0 aliphatic carbocycles. The minimum Gasteiger partial charge on any atom is -0.340 e. The third-order valence-corrected chi connectivity index (χ3v) is 6.55. The van der Waals surface area contributed by atoms with Crippen molar-refractivity contribution in [2.24, 2.45) is 0 Å². The van der Waals surface area contributed by atoms with Crippen LogP contribution < -0.4 is 0 Å². The first-order chi connectivity index (χ1) is 10.4. The molecule has 7 nitrogen and oxygen atoms in total. The number of amides is 1. The number of sulfone groups is 1. The average molecular weight is 326 g/mol. The Morgan fingerprint density at radius 1 is 1.41 bits per heavy atom. The second-order valence-corrected chi connectivity index (χ2v) is 8.50. The molecule has 2 saturated heterocycles. The monoisotopic (exact) mass is 326 g/mol. The van der Waals surface area contributed by atoms with Crippen molar-refractivity contribution in [2.45, 2.75) is 31.5 Å². The van der Waals surface area contributed by atoms with Gasteiger partial charge in [0.05, 0.1) is 23.6 Å². The summed E-state index contributed by atoms with van der Waals surface area (Å²) in [5, 5.41) is 4.22. The van der Waals surface area contributed by atoms with Crippen molar-refractivity contribution in [3.63, 3.8) is 0 Å². The van der Waals surface area contributed by atoms with Gasteiger partial charge in [-0.2, -0.15) is 5.10 Å². The van der Waals surface area contributed by atoms with Crippen LogP contribution >= 0.6 is 0 Å². The summed E-state index contributed by atoms with van der Waals surface area (Å²) in [5.74, 6) is 0.285. The van der Waals surface area contributed by atoms with E-state index >= 15 is 0 Å². The molecule has 3 rings (SSSR count). The Labute approximate surface area is 130 Å². The van der Waals surface area contributed by atoms with E-state index in [0.29, 0.717) is 12.5 Å². The van der Waals surface area contributed by atoms with E-state index in [1.807, 2.05) is 23.9 Å². The summed E-state index contributed by atoms with van der Waals surface area (Å²) in [4.78, 5) is 16.3. The Morgan fingerprint density at radius 3 is 2.68 bits per heavy atom. The molecule has 2 atom stereocenters. The molecule has 0 spiro atoms. The van der Waals surface area contributed by atoms with Gasteiger partial charge in [-0.05, 0) is 19.4 Å². The lowest BCUT2D eigenvalue weighted by Crippen LogP contribution is -2.57. The quantitative estimate of drug-likeness (QED) is 0.764. The molecule has 0 aromatic carbocycles. The fourth-order valence-electron chi connectivity index (χ4n) is 3.18. The van der Waals surface area contributed by atoms with E-state index in [2.05, 4.69) is 10.00 Å². The fraction of sp³-hybridized carbons (Fsp3) is 0.714. The van der Waals surface area contributed by atoms with Crippen LogP contribution in [0.2, 0.25) is 0 Å². The molecule has 122 valence electrons. The maximum Gasteiger partial charge on any atom is 0.239 e. The van der Waals surface area contributed by atoms with E-state index in [9.17, 15) is 13.2 Å². The zero-order valence-electron chi connectivity index (χ0n) is 12.9. The number of carbonyl (C=O) groups is 1. The SMILES string of the molecule is C[C@H](C(=O)N(C)[C@H]1CCS(=O)(=O)C1)N1CC(n2cccn2)C1. The Hall–Kier alpha value is -1.41. The molecule has 8 heteroatoms. The number of aromatic nitrogens is 2. The number of hydrogen-bond acceptors (Lipinski definition) is 5. The van der Waals surface area contributed by atoms with Crippen LogP contribution in [0.5, 0.6) is 0 Å². The van der Waals surface area contributed by atoms with Gasteiger partial charge in [-0.1, -0.05) is 0 Å². The standard InChI is InChI=1S/C14H22N4O3S/c1-11(17-8-13(9-17)18-6-3-5-15-18)14(19)16(2)12-4-7-22(20,21)10-12/h3,5-6,11-13H,4,7-10H2,1-2H3/t11-,12+/m1/s1. The molecule has 1 aromatic rings. The number of likely N-dealkylation sites (tertiary alicyclic amines) is 1. The van der Waals surface area contributed by atoms with Gasteiger partial charge in [0.1, 0.15) is 0 Å². The minimum absolute atomic E-state index is 0.000940. The molecule has 22 heavy (non-hydrogen) atoms. The first kappa shape index (κ1) is 15.5. The molecular weight excluding hydrogens is 304 g/mol. The summed E-state index contributed by atoms with van der Waals surface area (Å²) in [6.45, 7) is 3.48. The maximum atomic E-state index is 12.5. The van der Waals surface area contributed by atoms with E-state index in [1.54, 1.807) is 18.1 Å². The molecule has 0 saturated carbocycles. The first-order valence-corrected chi connectivity index (χ1v) is 9.40. The highest BCUT2D eigenvalue weighted by molar-refractivity contribution is 7.91. The number of hydrogen-bond donors (Lipinski definition) is 0. The Kier molecular flexibility index (Phi) is 3.98. The van der Waals surface area contributed by atoms with E-state index < -0.39 is 9.84 Å². The molecule has 0 N–H and O–H groups in total. The van der Waals surface area contributed by atoms with Crippen LogP contribution in [0.15, 0.2) is 18.5 Å².